The average molecular weight is 182 g/mol. The second-order valence-electron chi connectivity index (χ2n) is 0. The Labute approximate surface area is 51.6 Å². The molecule has 0 bridgehead atoms. The zero-order valence-corrected chi connectivity index (χ0v) is 4.90. The number of halogens is 2. The van der Waals surface area contributed by atoms with E-state index in [1.807, 2.05) is 0 Å². The summed E-state index contributed by atoms with van der Waals surface area (Å²) in [5.74, 6) is 0. The van der Waals surface area contributed by atoms with Crippen LogP contribution in [-0.4, -0.2) is 0 Å². The van der Waals surface area contributed by atoms with E-state index in [4.69, 9.17) is 0 Å². The van der Waals surface area contributed by atoms with Gasteiger partial charge >= 0.3 is 42.0 Å². The van der Waals surface area contributed by atoms with Gasteiger partial charge < -0.3 is 9.41 Å². The average Bonchev–Trinajstić information content (AvgIpc) is 1.00. The van der Waals surface area contributed by atoms with Crippen LogP contribution in [0, 0.1) is 0 Å². The van der Waals surface area contributed by atoms with Gasteiger partial charge in [0.15, 0.2) is 0 Å². The third kappa shape index (κ3) is 39.8. The topological polar surface area (TPSA) is 0 Å². The molecule has 0 heterocycles. The van der Waals surface area contributed by atoms with Crippen LogP contribution in [0.2, 0.25) is 0 Å². The van der Waals surface area contributed by atoms with Crippen LogP contribution < -0.4 is 9.41 Å². The molecule has 0 aromatic rings. The quantitative estimate of drug-likeness (QED) is 0.337. The van der Waals surface area contributed by atoms with Crippen LogP contribution in [0.4, 0.5) is 0 Å². The van der Waals surface area contributed by atoms with Crippen molar-refractivity contribution in [2.75, 3.05) is 0 Å². The minimum absolute atomic E-state index is 0. The SMILES string of the molecule is [F-].[F-].[Fe+2].[S]=[Fe]. The van der Waals surface area contributed by atoms with Crippen molar-refractivity contribution in [3.63, 3.8) is 0 Å². The number of hydrogen-bond donors (Lipinski definition) is 0. The molecule has 0 unspecified atom stereocenters. The van der Waals surface area contributed by atoms with Gasteiger partial charge in [-0.05, 0) is 0 Å². The molecular formula is F2Fe2S. The van der Waals surface area contributed by atoms with Gasteiger partial charge in [0, 0.05) is 0 Å². The van der Waals surface area contributed by atoms with Crippen molar-refractivity contribution < 1.29 is 40.9 Å². The first-order chi connectivity index (χ1) is 1.00. The van der Waals surface area contributed by atoms with Gasteiger partial charge in [-0.15, -0.1) is 0 Å². The molecule has 0 aromatic carbocycles. The van der Waals surface area contributed by atoms with Crippen LogP contribution in [0.5, 0.6) is 0 Å². The first-order valence-electron chi connectivity index (χ1n) is 0.144. The van der Waals surface area contributed by atoms with Crippen molar-refractivity contribution in [2.24, 2.45) is 0 Å². The molecule has 0 rings (SSSR count). The molecule has 0 nitrogen and oxygen atoms in total. The van der Waals surface area contributed by atoms with Crippen molar-refractivity contribution in [1.29, 1.82) is 0 Å². The molecule has 0 saturated heterocycles. The van der Waals surface area contributed by atoms with Crippen molar-refractivity contribution in [3.8, 4) is 0 Å². The third-order valence-corrected chi connectivity index (χ3v) is 0. The predicted octanol–water partition coefficient (Wildman–Crippen LogP) is -5.35. The van der Waals surface area contributed by atoms with Crippen LogP contribution >= 0.6 is 10.6 Å². The van der Waals surface area contributed by atoms with Crippen LogP contribution in [0.1, 0.15) is 0 Å². The van der Waals surface area contributed by atoms with E-state index in [0.29, 0.717) is 0 Å². The molecule has 36 valence electrons. The van der Waals surface area contributed by atoms with Crippen LogP contribution in [0.15, 0.2) is 0 Å². The van der Waals surface area contributed by atoms with Gasteiger partial charge in [0.2, 0.25) is 0 Å². The molecular weight excluding hydrogens is 182 g/mol. The molecule has 0 atom stereocenters. The van der Waals surface area contributed by atoms with Gasteiger partial charge in [0.25, 0.3) is 0 Å². The Morgan fingerprint density at radius 1 is 1.00 bits per heavy atom. The summed E-state index contributed by atoms with van der Waals surface area (Å²) in [6.07, 6.45) is 0. The standard InChI is InChI=1S/2FH.2Fe.S/h2*1H;;;/q;;;+2;/p-2. The zero-order chi connectivity index (χ0) is 2.00. The second kappa shape index (κ2) is 69.4. The third-order valence-electron chi connectivity index (χ3n) is 0. The first-order valence-corrected chi connectivity index (χ1v) is 1.79. The molecule has 0 aliphatic heterocycles. The monoisotopic (exact) mass is 182 g/mol. The summed E-state index contributed by atoms with van der Waals surface area (Å²) in [6.45, 7) is 0. The van der Waals surface area contributed by atoms with E-state index >= 15 is 0 Å². The molecule has 0 aromatic heterocycles. The molecule has 5 heteroatoms. The van der Waals surface area contributed by atoms with Crippen molar-refractivity contribution in [1.82, 2.24) is 0 Å². The van der Waals surface area contributed by atoms with E-state index in [-0.39, 0.29) is 26.5 Å². The fourth-order valence-electron chi connectivity index (χ4n) is 0. The fraction of sp³-hybridized carbons (Fsp3) is 0. The molecule has 0 fully saturated rings. The Balaban J connectivity index is -0.00000000167. The molecule has 0 spiro atoms. The molecule has 0 saturated carbocycles. The van der Waals surface area contributed by atoms with Crippen LogP contribution in [0.3, 0.4) is 0 Å². The molecule has 5 heavy (non-hydrogen) atoms. The Bertz CT molecular complexity index is 7.61. The minimum atomic E-state index is 0. The normalized spacial score (nSPS) is 1.00. The summed E-state index contributed by atoms with van der Waals surface area (Å²) in [5, 5.41) is 0. The van der Waals surface area contributed by atoms with Crippen LogP contribution in [0.25, 0.3) is 0 Å². The number of rotatable bonds is 0. The summed E-state index contributed by atoms with van der Waals surface area (Å²) in [4.78, 5) is 0. The van der Waals surface area contributed by atoms with Gasteiger partial charge in [0.1, 0.15) is 0 Å². The Kier molecular flexibility index (Phi) is 495. The van der Waals surface area contributed by atoms with Gasteiger partial charge in [-0.2, -0.15) is 0 Å². The Morgan fingerprint density at radius 2 is 1.00 bits per heavy atom. The zero-order valence-electron chi connectivity index (χ0n) is 1.87. The van der Waals surface area contributed by atoms with Gasteiger partial charge in [-0.1, -0.05) is 0 Å². The molecule has 0 N–H and O–H groups in total. The summed E-state index contributed by atoms with van der Waals surface area (Å²) >= 11 is 2.83. The van der Waals surface area contributed by atoms with Gasteiger partial charge in [-0.25, -0.2) is 0 Å². The maximum atomic E-state index is 3.83. The van der Waals surface area contributed by atoms with E-state index < -0.39 is 0 Å². The Morgan fingerprint density at radius 3 is 1.00 bits per heavy atom. The molecule has 0 aliphatic carbocycles. The predicted molar refractivity (Wildman–Crippen MR) is 7.59 cm³/mol. The first kappa shape index (κ1) is 35.7. The van der Waals surface area contributed by atoms with E-state index in [1.165, 1.54) is 0 Å². The number of hydrogen-bond acceptors (Lipinski definition) is 1. The van der Waals surface area contributed by atoms with Gasteiger partial charge in [-0.3, -0.25) is 0 Å². The molecule has 0 amide bonds. The van der Waals surface area contributed by atoms with E-state index in [0.717, 1.165) is 0 Å². The Hall–Kier alpha value is 1.12. The summed E-state index contributed by atoms with van der Waals surface area (Å²) in [5.41, 5.74) is 0. The second-order valence-corrected chi connectivity index (χ2v) is 0. The summed E-state index contributed by atoms with van der Waals surface area (Å²) in [7, 11) is 3.83. The maximum absolute atomic E-state index is 3.83. The van der Waals surface area contributed by atoms with Crippen LogP contribution in [-0.2, 0) is 31.5 Å². The van der Waals surface area contributed by atoms with Crippen molar-refractivity contribution >= 4 is 10.6 Å². The molecule has 0 radical (unpaired) electrons. The van der Waals surface area contributed by atoms with E-state index in [1.54, 1.807) is 0 Å². The summed E-state index contributed by atoms with van der Waals surface area (Å²) in [6, 6.07) is 0. The molecule has 0 aliphatic rings. The summed E-state index contributed by atoms with van der Waals surface area (Å²) < 4.78 is 0. The van der Waals surface area contributed by atoms with Gasteiger partial charge in [0.05, 0.1) is 0 Å². The van der Waals surface area contributed by atoms with E-state index in [2.05, 4.69) is 24.9 Å². The van der Waals surface area contributed by atoms with E-state index in [9.17, 15) is 0 Å². The van der Waals surface area contributed by atoms with Crippen molar-refractivity contribution in [3.05, 3.63) is 0 Å². The fourth-order valence-corrected chi connectivity index (χ4v) is 0. The van der Waals surface area contributed by atoms with Crippen molar-refractivity contribution in [2.45, 2.75) is 0 Å².